The molecule has 4 heteroatoms. The van der Waals surface area contributed by atoms with Crippen molar-refractivity contribution < 1.29 is 22.1 Å². The highest BCUT2D eigenvalue weighted by atomic mass is 35.5. The summed E-state index contributed by atoms with van der Waals surface area (Å²) in [5.74, 6) is 0.0165. The number of carbonyl (C=O) groups is 1. The zero-order valence-corrected chi connectivity index (χ0v) is 15.3. The van der Waals surface area contributed by atoms with Crippen LogP contribution in [0.1, 0.15) is 35.3 Å². The number of nitrogens with one attached hydrogen (secondary N) is 2. The highest BCUT2D eigenvalue weighted by molar-refractivity contribution is 5.94. The van der Waals surface area contributed by atoms with Crippen LogP contribution in [0.4, 0.5) is 0 Å². The molecule has 2 aromatic rings. The van der Waals surface area contributed by atoms with Crippen molar-refractivity contribution in [3.05, 3.63) is 71.3 Å². The molecule has 0 heterocycles. The van der Waals surface area contributed by atoms with Crippen molar-refractivity contribution in [3.8, 4) is 0 Å². The van der Waals surface area contributed by atoms with Gasteiger partial charge in [-0.1, -0.05) is 42.5 Å². The molecule has 0 spiro atoms. The van der Waals surface area contributed by atoms with E-state index in [9.17, 15) is 4.79 Å². The highest BCUT2D eigenvalue weighted by Crippen LogP contribution is 2.10. The maximum Gasteiger partial charge on any atom is 0.251 e. The first-order valence-electron chi connectivity index (χ1n) is 8.47. The molecule has 0 aliphatic rings. The third kappa shape index (κ3) is 6.34. The Morgan fingerprint density at radius 2 is 1.50 bits per heavy atom. The molecule has 0 saturated heterocycles. The van der Waals surface area contributed by atoms with Gasteiger partial charge in [-0.25, -0.2) is 0 Å². The predicted molar refractivity (Wildman–Crippen MR) is 94.9 cm³/mol. The number of amides is 1. The summed E-state index contributed by atoms with van der Waals surface area (Å²) in [5.41, 5.74) is 3.24. The third-order valence-corrected chi connectivity index (χ3v) is 4.23. The minimum Gasteiger partial charge on any atom is -1.00 e. The highest BCUT2D eigenvalue weighted by Gasteiger charge is 2.07. The Morgan fingerprint density at radius 3 is 2.08 bits per heavy atom. The number of hydrogen-bond acceptors (Lipinski definition) is 1. The lowest BCUT2D eigenvalue weighted by molar-refractivity contribution is -0.895. The smallest absolute Gasteiger partial charge is 0.251 e. The van der Waals surface area contributed by atoms with Crippen molar-refractivity contribution in [3.63, 3.8) is 0 Å². The van der Waals surface area contributed by atoms with E-state index in [-0.39, 0.29) is 18.3 Å². The van der Waals surface area contributed by atoms with Gasteiger partial charge in [0.1, 0.15) is 0 Å². The first kappa shape index (κ1) is 20.2. The van der Waals surface area contributed by atoms with E-state index in [1.807, 2.05) is 30.3 Å². The van der Waals surface area contributed by atoms with Gasteiger partial charge in [0.2, 0.25) is 0 Å². The zero-order chi connectivity index (χ0) is 16.5. The van der Waals surface area contributed by atoms with E-state index in [0.717, 1.165) is 38.2 Å². The van der Waals surface area contributed by atoms with Gasteiger partial charge in [-0.05, 0) is 43.5 Å². The first-order valence-corrected chi connectivity index (χ1v) is 8.47. The van der Waals surface area contributed by atoms with Crippen molar-refractivity contribution in [2.75, 3.05) is 26.2 Å². The molecule has 24 heavy (non-hydrogen) atoms. The van der Waals surface area contributed by atoms with Gasteiger partial charge < -0.3 is 22.6 Å². The summed E-state index contributed by atoms with van der Waals surface area (Å²) in [5, 5.41) is 3.01. The average Bonchev–Trinajstić information content (AvgIpc) is 2.60. The van der Waals surface area contributed by atoms with Gasteiger partial charge in [0, 0.05) is 5.56 Å². The molecular weight excluding hydrogens is 320 g/mol. The van der Waals surface area contributed by atoms with E-state index in [4.69, 9.17) is 0 Å². The molecule has 1 amide bonds. The SMILES string of the molecule is CC[NH+](CC)CCNC(=O)c1ccc(Cc2ccccc2)cc1.[Cl-]. The molecule has 0 aromatic heterocycles. The fourth-order valence-electron chi connectivity index (χ4n) is 2.66. The minimum absolute atomic E-state index is 0. The van der Waals surface area contributed by atoms with Crippen LogP contribution < -0.4 is 22.6 Å². The lowest BCUT2D eigenvalue weighted by Gasteiger charge is -2.15. The standard InChI is InChI=1S/C20H26N2O.ClH/c1-3-22(4-2)15-14-21-20(23)19-12-10-18(11-13-19)16-17-8-6-5-7-9-17;/h5-13H,3-4,14-16H2,1-2H3,(H,21,23);1H. The number of likely N-dealkylation sites (N-methyl/N-ethyl adjacent to an activating group) is 1. The maximum absolute atomic E-state index is 12.2. The molecule has 2 aromatic carbocycles. The molecule has 130 valence electrons. The Balaban J connectivity index is 0.00000288. The van der Waals surface area contributed by atoms with Crippen molar-refractivity contribution in [2.45, 2.75) is 20.3 Å². The Bertz CT molecular complexity index is 595. The van der Waals surface area contributed by atoms with Gasteiger partial charge >= 0.3 is 0 Å². The molecule has 0 radical (unpaired) electrons. The van der Waals surface area contributed by atoms with Crippen LogP contribution >= 0.6 is 0 Å². The summed E-state index contributed by atoms with van der Waals surface area (Å²) in [6.07, 6.45) is 0.897. The van der Waals surface area contributed by atoms with Gasteiger partial charge in [0.15, 0.2) is 0 Å². The number of halogens is 1. The zero-order valence-electron chi connectivity index (χ0n) is 14.5. The molecule has 0 bridgehead atoms. The van der Waals surface area contributed by atoms with Crippen molar-refractivity contribution in [1.29, 1.82) is 0 Å². The van der Waals surface area contributed by atoms with E-state index in [1.165, 1.54) is 16.0 Å². The number of quaternary nitrogens is 1. The fourth-order valence-corrected chi connectivity index (χ4v) is 2.66. The molecule has 0 unspecified atom stereocenters. The van der Waals surface area contributed by atoms with Crippen LogP contribution in [-0.2, 0) is 6.42 Å². The molecule has 0 saturated carbocycles. The monoisotopic (exact) mass is 346 g/mol. The third-order valence-electron chi connectivity index (χ3n) is 4.23. The normalized spacial score (nSPS) is 10.3. The van der Waals surface area contributed by atoms with Crippen LogP contribution in [0, 0.1) is 0 Å². The van der Waals surface area contributed by atoms with Crippen molar-refractivity contribution in [2.24, 2.45) is 0 Å². The number of hydrogen-bond donors (Lipinski definition) is 2. The summed E-state index contributed by atoms with van der Waals surface area (Å²) < 4.78 is 0. The topological polar surface area (TPSA) is 33.5 Å². The van der Waals surface area contributed by atoms with E-state index in [2.05, 4.69) is 43.4 Å². The van der Waals surface area contributed by atoms with Gasteiger partial charge in [-0.15, -0.1) is 0 Å². The molecular formula is C20H27ClN2O. The van der Waals surface area contributed by atoms with Crippen LogP contribution in [0.15, 0.2) is 54.6 Å². The van der Waals surface area contributed by atoms with Crippen LogP contribution in [0.5, 0.6) is 0 Å². The summed E-state index contributed by atoms with van der Waals surface area (Å²) >= 11 is 0. The van der Waals surface area contributed by atoms with Crippen LogP contribution in [-0.4, -0.2) is 32.1 Å². The van der Waals surface area contributed by atoms with Gasteiger partial charge in [0.25, 0.3) is 5.91 Å². The van der Waals surface area contributed by atoms with Crippen LogP contribution in [0.3, 0.4) is 0 Å². The average molecular weight is 347 g/mol. The predicted octanol–water partition coefficient (Wildman–Crippen LogP) is -1.06. The summed E-state index contributed by atoms with van der Waals surface area (Å²) in [4.78, 5) is 13.7. The van der Waals surface area contributed by atoms with E-state index >= 15 is 0 Å². The number of rotatable bonds is 8. The lowest BCUT2D eigenvalue weighted by atomic mass is 10.0. The molecule has 2 N–H and O–H groups in total. The second-order valence-corrected chi connectivity index (χ2v) is 5.82. The Kier molecular flexibility index (Phi) is 9.13. The quantitative estimate of drug-likeness (QED) is 0.627. The fraction of sp³-hybridized carbons (Fsp3) is 0.350. The first-order chi connectivity index (χ1) is 11.2. The Hall–Kier alpha value is -1.84. The van der Waals surface area contributed by atoms with Gasteiger partial charge in [-0.3, -0.25) is 4.79 Å². The maximum atomic E-state index is 12.2. The second kappa shape index (κ2) is 10.8. The summed E-state index contributed by atoms with van der Waals surface area (Å²) in [7, 11) is 0. The van der Waals surface area contributed by atoms with Crippen molar-refractivity contribution in [1.82, 2.24) is 5.32 Å². The minimum atomic E-state index is 0. The molecule has 3 nitrogen and oxygen atoms in total. The summed E-state index contributed by atoms with van der Waals surface area (Å²) in [6, 6.07) is 18.3. The summed E-state index contributed by atoms with van der Waals surface area (Å²) in [6.45, 7) is 8.24. The largest absolute Gasteiger partial charge is 1.00 e. The van der Waals surface area contributed by atoms with Gasteiger partial charge in [-0.2, -0.15) is 0 Å². The molecule has 0 fully saturated rings. The number of carbonyl (C=O) groups excluding carboxylic acids is 1. The lowest BCUT2D eigenvalue weighted by Crippen LogP contribution is -3.12. The van der Waals surface area contributed by atoms with E-state index in [0.29, 0.717) is 0 Å². The van der Waals surface area contributed by atoms with E-state index < -0.39 is 0 Å². The molecule has 0 atom stereocenters. The van der Waals surface area contributed by atoms with E-state index in [1.54, 1.807) is 0 Å². The number of benzene rings is 2. The van der Waals surface area contributed by atoms with Crippen LogP contribution in [0.25, 0.3) is 0 Å². The second-order valence-electron chi connectivity index (χ2n) is 5.82. The Labute approximate surface area is 151 Å². The Morgan fingerprint density at radius 1 is 0.917 bits per heavy atom. The molecule has 0 aliphatic carbocycles. The van der Waals surface area contributed by atoms with Crippen molar-refractivity contribution >= 4 is 5.91 Å². The van der Waals surface area contributed by atoms with Crippen LogP contribution in [0.2, 0.25) is 0 Å². The molecule has 0 aliphatic heterocycles. The van der Waals surface area contributed by atoms with Gasteiger partial charge in [0.05, 0.1) is 26.2 Å². The molecule has 2 rings (SSSR count).